The van der Waals surface area contributed by atoms with Gasteiger partial charge >= 0.3 is 5.97 Å². The number of benzene rings is 1. The summed E-state index contributed by atoms with van der Waals surface area (Å²) in [6, 6.07) is 3.96. The molecule has 0 bridgehead atoms. The summed E-state index contributed by atoms with van der Waals surface area (Å²) in [6.07, 6.45) is 2.45. The van der Waals surface area contributed by atoms with Gasteiger partial charge in [-0.3, -0.25) is 9.69 Å². The first-order valence-corrected chi connectivity index (χ1v) is 9.47. The van der Waals surface area contributed by atoms with Gasteiger partial charge in [-0.2, -0.15) is 0 Å². The molecule has 0 amide bonds. The lowest BCUT2D eigenvalue weighted by Crippen LogP contribution is -2.48. The maximum Gasteiger partial charge on any atom is 0.313 e. The minimum Gasteiger partial charge on any atom is -0.493 e. The molecule has 1 aromatic carbocycles. The van der Waals surface area contributed by atoms with Crippen molar-refractivity contribution in [2.45, 2.75) is 32.7 Å². The standard InChI is InChI=1S/C20H29NO6/c1-4-25-19(22)20(7-9-23-2)6-5-8-21(13-20)12-15-10-16(24-3)18-17(11-15)26-14-27-18/h10-11H,4-9,12-14H2,1-3H3. The number of nitrogens with zero attached hydrogens (tertiary/aromatic N) is 1. The van der Waals surface area contributed by atoms with Crippen LogP contribution in [0.5, 0.6) is 17.2 Å². The molecule has 7 heteroatoms. The van der Waals surface area contributed by atoms with Crippen molar-refractivity contribution < 1.29 is 28.5 Å². The third-order valence-electron chi connectivity index (χ3n) is 5.27. The molecule has 2 heterocycles. The molecule has 0 N–H and O–H groups in total. The van der Waals surface area contributed by atoms with Crippen LogP contribution in [0.2, 0.25) is 0 Å². The fraction of sp³-hybridized carbons (Fsp3) is 0.650. The number of esters is 1. The average Bonchev–Trinajstić information content (AvgIpc) is 3.14. The van der Waals surface area contributed by atoms with E-state index in [0.29, 0.717) is 50.0 Å². The Balaban J connectivity index is 1.76. The molecule has 7 nitrogen and oxygen atoms in total. The molecule has 0 aliphatic carbocycles. The van der Waals surface area contributed by atoms with Crippen molar-refractivity contribution in [1.29, 1.82) is 0 Å². The number of hydrogen-bond donors (Lipinski definition) is 0. The molecule has 0 aromatic heterocycles. The molecule has 1 fully saturated rings. The van der Waals surface area contributed by atoms with E-state index in [1.54, 1.807) is 14.2 Å². The van der Waals surface area contributed by atoms with Gasteiger partial charge in [-0.05, 0) is 50.4 Å². The van der Waals surface area contributed by atoms with Gasteiger partial charge in [0.1, 0.15) is 0 Å². The van der Waals surface area contributed by atoms with Crippen molar-refractivity contribution in [3.05, 3.63) is 17.7 Å². The molecule has 2 aliphatic rings. The molecule has 27 heavy (non-hydrogen) atoms. The Morgan fingerprint density at radius 2 is 2.15 bits per heavy atom. The molecule has 1 atom stereocenters. The SMILES string of the molecule is CCOC(=O)C1(CCOC)CCCN(Cc2cc(OC)c3c(c2)OCO3)C1. The van der Waals surface area contributed by atoms with Crippen LogP contribution in [0.15, 0.2) is 12.1 Å². The van der Waals surface area contributed by atoms with E-state index in [2.05, 4.69) is 4.90 Å². The summed E-state index contributed by atoms with van der Waals surface area (Å²) < 4.78 is 27.1. The molecule has 150 valence electrons. The van der Waals surface area contributed by atoms with Crippen LogP contribution in [0.3, 0.4) is 0 Å². The lowest BCUT2D eigenvalue weighted by molar-refractivity contribution is -0.160. The molecule has 3 rings (SSSR count). The molecule has 0 saturated carbocycles. The van der Waals surface area contributed by atoms with E-state index in [1.807, 2.05) is 19.1 Å². The van der Waals surface area contributed by atoms with Gasteiger partial charge in [0.05, 0.1) is 19.1 Å². The first-order chi connectivity index (χ1) is 13.1. The lowest BCUT2D eigenvalue weighted by atomic mass is 9.77. The number of likely N-dealkylation sites (tertiary alicyclic amines) is 1. The first kappa shape index (κ1) is 19.8. The van der Waals surface area contributed by atoms with Crippen molar-refractivity contribution >= 4 is 5.97 Å². The number of fused-ring (bicyclic) bond motifs is 1. The van der Waals surface area contributed by atoms with Crippen molar-refractivity contribution in [2.24, 2.45) is 5.41 Å². The predicted molar refractivity (Wildman–Crippen MR) is 99.2 cm³/mol. The zero-order valence-electron chi connectivity index (χ0n) is 16.4. The highest BCUT2D eigenvalue weighted by molar-refractivity contribution is 5.77. The van der Waals surface area contributed by atoms with Gasteiger partial charge in [0.2, 0.25) is 12.5 Å². The normalized spacial score (nSPS) is 21.9. The minimum absolute atomic E-state index is 0.116. The molecular weight excluding hydrogens is 350 g/mol. The number of ether oxygens (including phenoxy) is 5. The number of piperidine rings is 1. The van der Waals surface area contributed by atoms with Crippen LogP contribution in [-0.2, 0) is 20.8 Å². The second-order valence-corrected chi connectivity index (χ2v) is 7.09. The van der Waals surface area contributed by atoms with Crippen LogP contribution in [-0.4, -0.2) is 58.2 Å². The Bertz CT molecular complexity index is 664. The summed E-state index contributed by atoms with van der Waals surface area (Å²) in [4.78, 5) is 15.0. The first-order valence-electron chi connectivity index (χ1n) is 9.47. The number of carbonyl (C=O) groups excluding carboxylic acids is 1. The maximum absolute atomic E-state index is 12.7. The Hall–Kier alpha value is -1.99. The van der Waals surface area contributed by atoms with Gasteiger partial charge in [-0.15, -0.1) is 0 Å². The summed E-state index contributed by atoms with van der Waals surface area (Å²) in [5, 5.41) is 0. The van der Waals surface area contributed by atoms with Gasteiger partial charge in [0.15, 0.2) is 11.5 Å². The topological polar surface area (TPSA) is 66.5 Å². The molecule has 2 aliphatic heterocycles. The van der Waals surface area contributed by atoms with Gasteiger partial charge in [-0.25, -0.2) is 0 Å². The molecule has 0 radical (unpaired) electrons. The van der Waals surface area contributed by atoms with Crippen LogP contribution in [0.4, 0.5) is 0 Å². The highest BCUT2D eigenvalue weighted by Gasteiger charge is 2.43. The van der Waals surface area contributed by atoms with Crippen LogP contribution in [0.1, 0.15) is 31.7 Å². The van der Waals surface area contributed by atoms with Crippen LogP contribution in [0, 0.1) is 5.41 Å². The number of hydrogen-bond acceptors (Lipinski definition) is 7. The third-order valence-corrected chi connectivity index (χ3v) is 5.27. The molecule has 1 aromatic rings. The quantitative estimate of drug-likeness (QED) is 0.643. The lowest BCUT2D eigenvalue weighted by Gasteiger charge is -2.41. The van der Waals surface area contributed by atoms with Gasteiger partial charge in [0.25, 0.3) is 0 Å². The Morgan fingerprint density at radius 3 is 2.89 bits per heavy atom. The largest absolute Gasteiger partial charge is 0.493 e. The Labute approximate surface area is 160 Å². The van der Waals surface area contributed by atoms with E-state index in [1.165, 1.54) is 0 Å². The van der Waals surface area contributed by atoms with Gasteiger partial charge in [-0.1, -0.05) is 0 Å². The van der Waals surface area contributed by atoms with Crippen molar-refractivity contribution in [3.8, 4) is 17.2 Å². The molecular formula is C20H29NO6. The second-order valence-electron chi connectivity index (χ2n) is 7.09. The Morgan fingerprint density at radius 1 is 1.30 bits per heavy atom. The summed E-state index contributed by atoms with van der Waals surface area (Å²) in [5.74, 6) is 1.92. The van der Waals surface area contributed by atoms with Crippen LogP contribution < -0.4 is 14.2 Å². The van der Waals surface area contributed by atoms with Gasteiger partial charge < -0.3 is 23.7 Å². The minimum atomic E-state index is -0.509. The van der Waals surface area contributed by atoms with Crippen molar-refractivity contribution in [1.82, 2.24) is 4.90 Å². The smallest absolute Gasteiger partial charge is 0.313 e. The zero-order chi connectivity index (χ0) is 19.3. The predicted octanol–water partition coefficient (Wildman–Crippen LogP) is 2.61. The molecule has 1 saturated heterocycles. The van der Waals surface area contributed by atoms with E-state index in [-0.39, 0.29) is 12.8 Å². The molecule has 0 spiro atoms. The summed E-state index contributed by atoms with van der Waals surface area (Å²) in [6.45, 7) is 5.30. The maximum atomic E-state index is 12.7. The van der Waals surface area contributed by atoms with Gasteiger partial charge in [0, 0.05) is 26.8 Å². The van der Waals surface area contributed by atoms with Crippen LogP contribution >= 0.6 is 0 Å². The number of methoxy groups -OCH3 is 2. The van der Waals surface area contributed by atoms with E-state index < -0.39 is 5.41 Å². The van der Waals surface area contributed by atoms with E-state index in [4.69, 9.17) is 23.7 Å². The average molecular weight is 379 g/mol. The fourth-order valence-electron chi connectivity index (χ4n) is 3.95. The zero-order valence-corrected chi connectivity index (χ0v) is 16.4. The number of rotatable bonds is 8. The Kier molecular flexibility index (Phi) is 6.44. The third kappa shape index (κ3) is 4.30. The monoisotopic (exact) mass is 379 g/mol. The second kappa shape index (κ2) is 8.80. The summed E-state index contributed by atoms with van der Waals surface area (Å²) >= 11 is 0. The highest BCUT2D eigenvalue weighted by Crippen LogP contribution is 2.42. The number of carbonyl (C=O) groups is 1. The van der Waals surface area contributed by atoms with Crippen molar-refractivity contribution in [2.75, 3.05) is 47.3 Å². The fourth-order valence-corrected chi connectivity index (χ4v) is 3.95. The van der Waals surface area contributed by atoms with E-state index >= 15 is 0 Å². The van der Waals surface area contributed by atoms with E-state index in [0.717, 1.165) is 24.9 Å². The van der Waals surface area contributed by atoms with Crippen molar-refractivity contribution in [3.63, 3.8) is 0 Å². The molecule has 1 unspecified atom stereocenters. The highest BCUT2D eigenvalue weighted by atomic mass is 16.7. The summed E-state index contributed by atoms with van der Waals surface area (Å²) in [7, 11) is 3.29. The van der Waals surface area contributed by atoms with Crippen LogP contribution in [0.25, 0.3) is 0 Å². The van der Waals surface area contributed by atoms with E-state index in [9.17, 15) is 4.79 Å². The summed E-state index contributed by atoms with van der Waals surface area (Å²) in [5.41, 5.74) is 0.563.